The van der Waals surface area contributed by atoms with E-state index in [1.165, 1.54) is 18.2 Å². The Morgan fingerprint density at radius 3 is 2.65 bits per heavy atom. The first-order valence-electron chi connectivity index (χ1n) is 9.75. The summed E-state index contributed by atoms with van der Waals surface area (Å²) in [5, 5.41) is 2.12. The lowest BCUT2D eigenvalue weighted by atomic mass is 10.1. The van der Waals surface area contributed by atoms with Crippen LogP contribution in [0.3, 0.4) is 0 Å². The first-order chi connectivity index (χ1) is 14.6. The van der Waals surface area contributed by atoms with Gasteiger partial charge in [-0.1, -0.05) is 0 Å². The molecule has 9 heteroatoms. The van der Waals surface area contributed by atoms with Gasteiger partial charge in [0.15, 0.2) is 0 Å². The molecule has 0 saturated carbocycles. The van der Waals surface area contributed by atoms with Crippen LogP contribution in [-0.2, 0) is 6.18 Å². The van der Waals surface area contributed by atoms with Gasteiger partial charge in [0.25, 0.3) is 5.91 Å². The number of nitrogens with one attached hydrogen (secondary N) is 2. The monoisotopic (exact) mass is 433 g/mol. The molecule has 1 aliphatic heterocycles. The second kappa shape index (κ2) is 7.72. The number of aromatic nitrogens is 1. The van der Waals surface area contributed by atoms with Gasteiger partial charge in [0, 0.05) is 35.4 Å². The number of H-pyrrole nitrogens is 1. The van der Waals surface area contributed by atoms with Gasteiger partial charge < -0.3 is 15.2 Å². The number of hydrogen-bond acceptors (Lipinski definition) is 3. The van der Waals surface area contributed by atoms with Crippen LogP contribution in [0.2, 0.25) is 0 Å². The van der Waals surface area contributed by atoms with E-state index in [2.05, 4.69) is 10.3 Å². The van der Waals surface area contributed by atoms with Crippen LogP contribution >= 0.6 is 0 Å². The standard InChI is InChI=1S/C22H19F4N3O2/c1-12-3-2-8-29(12)14-5-7-19(17(10-14)22(24,25)26)28-21(31)16-11-27-18-6-4-13(23)9-15(18)20(16)30/h4-7,9-12H,2-3,8H2,1H3,(H,27,30)(H,28,31). The second-order valence-electron chi connectivity index (χ2n) is 7.59. The van der Waals surface area contributed by atoms with Crippen molar-refractivity contribution in [1.29, 1.82) is 0 Å². The van der Waals surface area contributed by atoms with Crippen LogP contribution in [0.4, 0.5) is 28.9 Å². The lowest BCUT2D eigenvalue weighted by molar-refractivity contribution is -0.136. The number of anilines is 2. The fourth-order valence-electron chi connectivity index (χ4n) is 3.92. The van der Waals surface area contributed by atoms with Crippen molar-refractivity contribution in [3.05, 3.63) is 69.8 Å². The zero-order valence-corrected chi connectivity index (χ0v) is 16.5. The highest BCUT2D eigenvalue weighted by Crippen LogP contribution is 2.38. The van der Waals surface area contributed by atoms with E-state index >= 15 is 0 Å². The average Bonchev–Trinajstić information content (AvgIpc) is 3.14. The van der Waals surface area contributed by atoms with E-state index in [9.17, 15) is 27.2 Å². The van der Waals surface area contributed by atoms with Crippen LogP contribution in [0.15, 0.2) is 47.4 Å². The topological polar surface area (TPSA) is 65.2 Å². The molecular weight excluding hydrogens is 414 g/mol. The summed E-state index contributed by atoms with van der Waals surface area (Å²) in [7, 11) is 0. The van der Waals surface area contributed by atoms with Crippen molar-refractivity contribution in [2.24, 2.45) is 0 Å². The molecule has 2 N–H and O–H groups in total. The Morgan fingerprint density at radius 1 is 1.19 bits per heavy atom. The van der Waals surface area contributed by atoms with Crippen LogP contribution < -0.4 is 15.6 Å². The first-order valence-corrected chi connectivity index (χ1v) is 9.75. The molecule has 1 aliphatic rings. The maximum atomic E-state index is 13.7. The van der Waals surface area contributed by atoms with Crippen molar-refractivity contribution < 1.29 is 22.4 Å². The number of alkyl halides is 3. The number of amides is 1. The number of aromatic amines is 1. The van der Waals surface area contributed by atoms with E-state index in [4.69, 9.17) is 0 Å². The number of carbonyl (C=O) groups is 1. The average molecular weight is 433 g/mol. The number of carbonyl (C=O) groups excluding carboxylic acids is 1. The molecule has 31 heavy (non-hydrogen) atoms. The molecule has 2 heterocycles. The normalized spacial score (nSPS) is 16.7. The summed E-state index contributed by atoms with van der Waals surface area (Å²) in [6, 6.07) is 7.31. The lowest BCUT2D eigenvalue weighted by Gasteiger charge is -2.25. The highest BCUT2D eigenvalue weighted by molar-refractivity contribution is 6.06. The quantitative estimate of drug-likeness (QED) is 0.576. The molecule has 0 aliphatic carbocycles. The Morgan fingerprint density at radius 2 is 1.97 bits per heavy atom. The molecule has 1 fully saturated rings. The predicted molar refractivity (Wildman–Crippen MR) is 110 cm³/mol. The maximum Gasteiger partial charge on any atom is 0.418 e. The van der Waals surface area contributed by atoms with Crippen LogP contribution in [-0.4, -0.2) is 23.5 Å². The molecule has 1 saturated heterocycles. The largest absolute Gasteiger partial charge is 0.418 e. The van der Waals surface area contributed by atoms with Crippen molar-refractivity contribution in [3.8, 4) is 0 Å². The number of fused-ring (bicyclic) bond motifs is 1. The molecule has 0 radical (unpaired) electrons. The molecule has 0 bridgehead atoms. The van der Waals surface area contributed by atoms with Gasteiger partial charge in [-0.25, -0.2) is 4.39 Å². The molecule has 0 spiro atoms. The third-order valence-corrected chi connectivity index (χ3v) is 5.53. The number of nitrogens with zero attached hydrogens (tertiary/aromatic N) is 1. The number of halogens is 4. The summed E-state index contributed by atoms with van der Waals surface area (Å²) in [4.78, 5) is 29.8. The Hall–Kier alpha value is -3.36. The molecule has 4 rings (SSSR count). The minimum atomic E-state index is -4.71. The van der Waals surface area contributed by atoms with Crippen molar-refractivity contribution in [2.45, 2.75) is 32.0 Å². The molecule has 1 atom stereocenters. The third kappa shape index (κ3) is 3.99. The Kier molecular flexibility index (Phi) is 5.20. The first kappa shape index (κ1) is 20.9. The van der Waals surface area contributed by atoms with Gasteiger partial charge in [0.2, 0.25) is 5.43 Å². The van der Waals surface area contributed by atoms with Crippen molar-refractivity contribution in [1.82, 2.24) is 4.98 Å². The summed E-state index contributed by atoms with van der Waals surface area (Å²) in [6.45, 7) is 2.61. The minimum absolute atomic E-state index is 0.0675. The predicted octanol–water partition coefficient (Wildman–Crippen LogP) is 4.93. The third-order valence-electron chi connectivity index (χ3n) is 5.53. The molecule has 1 amide bonds. The van der Waals surface area contributed by atoms with Crippen molar-refractivity contribution >= 4 is 28.2 Å². The van der Waals surface area contributed by atoms with Gasteiger partial charge in [0.1, 0.15) is 11.4 Å². The van der Waals surface area contributed by atoms with Gasteiger partial charge in [0.05, 0.1) is 11.3 Å². The van der Waals surface area contributed by atoms with E-state index in [-0.39, 0.29) is 11.4 Å². The second-order valence-corrected chi connectivity index (χ2v) is 7.59. The number of rotatable bonds is 3. The minimum Gasteiger partial charge on any atom is -0.369 e. The highest BCUT2D eigenvalue weighted by Gasteiger charge is 2.35. The van der Waals surface area contributed by atoms with Crippen LogP contribution in [0, 0.1) is 5.82 Å². The summed E-state index contributed by atoms with van der Waals surface area (Å²) < 4.78 is 54.6. The van der Waals surface area contributed by atoms with E-state index in [0.29, 0.717) is 17.7 Å². The van der Waals surface area contributed by atoms with Crippen LogP contribution in [0.1, 0.15) is 35.7 Å². The summed E-state index contributed by atoms with van der Waals surface area (Å²) >= 11 is 0. The van der Waals surface area contributed by atoms with Gasteiger partial charge in [-0.15, -0.1) is 0 Å². The summed E-state index contributed by atoms with van der Waals surface area (Å²) in [5.74, 6) is -1.68. The Labute approximate surface area is 174 Å². The fraction of sp³-hybridized carbons (Fsp3) is 0.273. The van der Waals surface area contributed by atoms with E-state index < -0.39 is 40.1 Å². The van der Waals surface area contributed by atoms with Gasteiger partial charge in [-0.05, 0) is 56.2 Å². The molecular formula is C22H19F4N3O2. The number of benzene rings is 2. The van der Waals surface area contributed by atoms with E-state index in [1.807, 2.05) is 11.8 Å². The van der Waals surface area contributed by atoms with Gasteiger partial charge in [-0.3, -0.25) is 9.59 Å². The number of pyridine rings is 1. The van der Waals surface area contributed by atoms with Crippen molar-refractivity contribution in [3.63, 3.8) is 0 Å². The molecule has 1 unspecified atom stereocenters. The Bertz CT molecular complexity index is 1220. The smallest absolute Gasteiger partial charge is 0.369 e. The molecule has 1 aromatic heterocycles. The highest BCUT2D eigenvalue weighted by atomic mass is 19.4. The maximum absolute atomic E-state index is 13.7. The lowest BCUT2D eigenvalue weighted by Crippen LogP contribution is -2.27. The van der Waals surface area contributed by atoms with Crippen molar-refractivity contribution in [2.75, 3.05) is 16.8 Å². The zero-order chi connectivity index (χ0) is 22.3. The molecule has 3 aromatic rings. The van der Waals surface area contributed by atoms with E-state index in [1.54, 1.807) is 0 Å². The van der Waals surface area contributed by atoms with E-state index in [0.717, 1.165) is 37.2 Å². The van der Waals surface area contributed by atoms with Gasteiger partial charge in [-0.2, -0.15) is 13.2 Å². The summed E-state index contributed by atoms with van der Waals surface area (Å²) in [5.41, 5.74) is -1.91. The fourth-order valence-corrected chi connectivity index (χ4v) is 3.92. The zero-order valence-electron chi connectivity index (χ0n) is 16.5. The van der Waals surface area contributed by atoms with Crippen LogP contribution in [0.5, 0.6) is 0 Å². The van der Waals surface area contributed by atoms with Crippen LogP contribution in [0.25, 0.3) is 10.9 Å². The number of hydrogen-bond donors (Lipinski definition) is 2. The SMILES string of the molecule is CC1CCCN1c1ccc(NC(=O)c2c[nH]c3ccc(F)cc3c2=O)c(C(F)(F)F)c1. The van der Waals surface area contributed by atoms with Gasteiger partial charge >= 0.3 is 6.18 Å². The molecule has 2 aromatic carbocycles. The molecule has 162 valence electrons. The Balaban J connectivity index is 1.70. The summed E-state index contributed by atoms with van der Waals surface area (Å²) in [6.07, 6.45) is -1.82. The molecule has 5 nitrogen and oxygen atoms in total.